The maximum absolute atomic E-state index is 11.9. The molecule has 5 nitrogen and oxygen atoms in total. The lowest BCUT2D eigenvalue weighted by Crippen LogP contribution is -2.07. The topological polar surface area (TPSA) is 72.1 Å². The van der Waals surface area contributed by atoms with Crippen LogP contribution in [0.4, 0.5) is 0 Å². The van der Waals surface area contributed by atoms with Crippen LogP contribution in [0.25, 0.3) is 0 Å². The van der Waals surface area contributed by atoms with E-state index >= 15 is 0 Å². The molecule has 0 aliphatic carbocycles. The van der Waals surface area contributed by atoms with Gasteiger partial charge in [-0.1, -0.05) is 82.9 Å². The highest BCUT2D eigenvalue weighted by molar-refractivity contribution is 7.86. The first-order valence-corrected chi connectivity index (χ1v) is 11.9. The molecule has 1 aromatic carbocycles. The van der Waals surface area contributed by atoms with E-state index in [0.29, 0.717) is 0 Å². The third kappa shape index (κ3) is 11.9. The van der Waals surface area contributed by atoms with Crippen LogP contribution < -0.4 is 0 Å². The third-order valence-corrected chi connectivity index (χ3v) is 5.73. The molecule has 0 fully saturated rings. The zero-order valence-electron chi connectivity index (χ0n) is 17.4. The average Bonchev–Trinajstić information content (AvgIpc) is 3.18. The van der Waals surface area contributed by atoms with Gasteiger partial charge in [0.1, 0.15) is 5.82 Å². The van der Waals surface area contributed by atoms with Crippen molar-refractivity contribution < 1.29 is 12.6 Å². The van der Waals surface area contributed by atoms with Crippen molar-refractivity contribution in [1.29, 1.82) is 0 Å². The summed E-state index contributed by atoms with van der Waals surface area (Å²) in [6.45, 7) is 4.44. The summed E-state index contributed by atoms with van der Waals surface area (Å²) in [5, 5.41) is 0. The smallest absolute Gasteiger partial charge is 0.296 e. The van der Waals surface area contributed by atoms with E-state index in [1.807, 2.05) is 6.92 Å². The van der Waals surface area contributed by atoms with Crippen LogP contribution in [-0.2, 0) is 14.3 Å². The second-order valence-corrected chi connectivity index (χ2v) is 8.56. The number of hydrogen-bond acceptors (Lipinski definition) is 4. The van der Waals surface area contributed by atoms with Crippen molar-refractivity contribution in [2.75, 3.05) is 6.61 Å². The minimum Gasteiger partial charge on any atom is -0.349 e. The van der Waals surface area contributed by atoms with E-state index in [1.54, 1.807) is 42.7 Å². The highest BCUT2D eigenvalue weighted by Gasteiger charge is 2.13. The Labute approximate surface area is 171 Å². The summed E-state index contributed by atoms with van der Waals surface area (Å²) >= 11 is 0. The molecule has 0 atom stereocenters. The van der Waals surface area contributed by atoms with Gasteiger partial charge in [-0.3, -0.25) is 4.18 Å². The largest absolute Gasteiger partial charge is 0.349 e. The van der Waals surface area contributed by atoms with Crippen LogP contribution >= 0.6 is 0 Å². The number of H-pyrrole nitrogens is 1. The van der Waals surface area contributed by atoms with E-state index in [-0.39, 0.29) is 11.5 Å². The minimum atomic E-state index is -3.57. The first kappa shape index (κ1) is 24.4. The lowest BCUT2D eigenvalue weighted by molar-refractivity contribution is 0.306. The number of nitrogens with one attached hydrogen (secondary N) is 1. The van der Waals surface area contributed by atoms with Crippen molar-refractivity contribution in [2.24, 2.45) is 0 Å². The van der Waals surface area contributed by atoms with Gasteiger partial charge in [-0.25, -0.2) is 4.98 Å². The Kier molecular flexibility index (Phi) is 13.3. The molecular weight excluding hydrogens is 372 g/mol. The lowest BCUT2D eigenvalue weighted by Gasteiger charge is -2.05. The summed E-state index contributed by atoms with van der Waals surface area (Å²) in [5.41, 5.74) is 0. The van der Waals surface area contributed by atoms with E-state index in [2.05, 4.69) is 16.9 Å². The van der Waals surface area contributed by atoms with Crippen molar-refractivity contribution in [3.05, 3.63) is 48.5 Å². The van der Waals surface area contributed by atoms with Crippen LogP contribution in [0.3, 0.4) is 0 Å². The van der Waals surface area contributed by atoms with Gasteiger partial charge < -0.3 is 4.98 Å². The Hall–Kier alpha value is -1.66. The molecule has 0 saturated heterocycles. The third-order valence-electron chi connectivity index (χ3n) is 4.40. The predicted octanol–water partition coefficient (Wildman–Crippen LogP) is 6.03. The molecule has 2 aromatic rings. The number of hydrogen-bond donors (Lipinski definition) is 1. The summed E-state index contributed by atoms with van der Waals surface area (Å²) in [4.78, 5) is 6.99. The average molecular weight is 409 g/mol. The number of nitrogens with zero attached hydrogens (tertiary/aromatic N) is 1. The number of rotatable bonds is 13. The molecule has 0 aliphatic heterocycles. The highest BCUT2D eigenvalue weighted by Crippen LogP contribution is 2.13. The fourth-order valence-electron chi connectivity index (χ4n) is 2.76. The van der Waals surface area contributed by atoms with Crippen LogP contribution in [0.15, 0.2) is 47.6 Å². The fourth-order valence-corrected chi connectivity index (χ4v) is 3.72. The molecular formula is C22H36N2O3S. The van der Waals surface area contributed by atoms with Gasteiger partial charge in [-0.15, -0.1) is 0 Å². The summed E-state index contributed by atoms with van der Waals surface area (Å²) < 4.78 is 28.8. The molecule has 0 spiro atoms. The van der Waals surface area contributed by atoms with Crippen LogP contribution in [0, 0.1) is 6.92 Å². The molecule has 1 aromatic heterocycles. The Balaban J connectivity index is 0.000000552. The van der Waals surface area contributed by atoms with Crippen molar-refractivity contribution in [3.63, 3.8) is 0 Å². The molecule has 6 heteroatoms. The Morgan fingerprint density at radius 3 is 1.93 bits per heavy atom. The highest BCUT2D eigenvalue weighted by atomic mass is 32.2. The molecule has 0 radical (unpaired) electrons. The molecule has 0 bridgehead atoms. The molecule has 2 rings (SSSR count). The second kappa shape index (κ2) is 15.3. The normalized spacial score (nSPS) is 11.1. The summed E-state index contributed by atoms with van der Waals surface area (Å²) in [5.74, 6) is 0.968. The van der Waals surface area contributed by atoms with Gasteiger partial charge in [-0.2, -0.15) is 8.42 Å². The standard InChI is InChI=1S/C18H30O3S.C4H6N2/c1-2-3-4-5-6-7-8-9-10-14-17-21-22(19,20)18-15-12-11-13-16-18;1-4-5-2-3-6-4/h11-13,15-16H,2-10,14,17H2,1H3;2-3H,1H3,(H,5,6). The SMILES string of the molecule is CCCCCCCCCCCCOS(=O)(=O)c1ccccc1.Cc1ncc[nH]1. The molecule has 0 amide bonds. The van der Waals surface area contributed by atoms with Gasteiger partial charge >= 0.3 is 0 Å². The minimum absolute atomic E-state index is 0.238. The molecule has 1 heterocycles. The number of imidazole rings is 1. The van der Waals surface area contributed by atoms with Crippen LogP contribution in [-0.4, -0.2) is 25.0 Å². The maximum Gasteiger partial charge on any atom is 0.296 e. The Morgan fingerprint density at radius 2 is 1.46 bits per heavy atom. The monoisotopic (exact) mass is 408 g/mol. The van der Waals surface area contributed by atoms with E-state index in [9.17, 15) is 8.42 Å². The van der Waals surface area contributed by atoms with Gasteiger partial charge in [0.05, 0.1) is 11.5 Å². The molecule has 0 unspecified atom stereocenters. The van der Waals surface area contributed by atoms with Crippen LogP contribution in [0.2, 0.25) is 0 Å². The van der Waals surface area contributed by atoms with Gasteiger partial charge in [0, 0.05) is 12.4 Å². The lowest BCUT2D eigenvalue weighted by atomic mass is 10.1. The van der Waals surface area contributed by atoms with Crippen molar-refractivity contribution >= 4 is 10.1 Å². The fraction of sp³-hybridized carbons (Fsp3) is 0.591. The van der Waals surface area contributed by atoms with E-state index in [0.717, 1.165) is 18.7 Å². The number of benzene rings is 1. The number of aromatic amines is 1. The predicted molar refractivity (Wildman–Crippen MR) is 115 cm³/mol. The zero-order chi connectivity index (χ0) is 20.5. The second-order valence-electron chi connectivity index (χ2n) is 6.95. The zero-order valence-corrected chi connectivity index (χ0v) is 18.2. The van der Waals surface area contributed by atoms with E-state index in [4.69, 9.17) is 4.18 Å². The first-order chi connectivity index (χ1) is 13.6. The van der Waals surface area contributed by atoms with E-state index < -0.39 is 10.1 Å². The Morgan fingerprint density at radius 1 is 0.893 bits per heavy atom. The molecule has 158 valence electrons. The van der Waals surface area contributed by atoms with Gasteiger partial charge in [0.25, 0.3) is 10.1 Å². The molecule has 1 N–H and O–H groups in total. The summed E-state index contributed by atoms with van der Waals surface area (Å²) in [6, 6.07) is 8.33. The van der Waals surface area contributed by atoms with Crippen molar-refractivity contribution in [3.8, 4) is 0 Å². The van der Waals surface area contributed by atoms with Crippen LogP contribution in [0.5, 0.6) is 0 Å². The molecule has 28 heavy (non-hydrogen) atoms. The molecule has 0 aliphatic rings. The maximum atomic E-state index is 11.9. The van der Waals surface area contributed by atoms with Crippen LogP contribution in [0.1, 0.15) is 77.0 Å². The van der Waals surface area contributed by atoms with E-state index in [1.165, 1.54) is 51.4 Å². The van der Waals surface area contributed by atoms with Gasteiger partial charge in [0.15, 0.2) is 0 Å². The quantitative estimate of drug-likeness (QED) is 0.324. The number of aryl methyl sites for hydroxylation is 1. The van der Waals surface area contributed by atoms with Gasteiger partial charge in [-0.05, 0) is 25.5 Å². The number of aromatic nitrogens is 2. The van der Waals surface area contributed by atoms with Crippen molar-refractivity contribution in [1.82, 2.24) is 9.97 Å². The van der Waals surface area contributed by atoms with Gasteiger partial charge in [0.2, 0.25) is 0 Å². The number of unbranched alkanes of at least 4 members (excludes halogenated alkanes) is 9. The molecule has 0 saturated carbocycles. The summed E-state index contributed by atoms with van der Waals surface area (Å²) in [6.07, 6.45) is 15.8. The Bertz CT molecular complexity index is 686. The summed E-state index contributed by atoms with van der Waals surface area (Å²) in [7, 11) is -3.57. The first-order valence-electron chi connectivity index (χ1n) is 10.5. The van der Waals surface area contributed by atoms with Crippen molar-refractivity contribution in [2.45, 2.75) is 83.0 Å².